The second-order valence-electron chi connectivity index (χ2n) is 4.48. The minimum absolute atomic E-state index is 0.125. The molecular formula is C11H19NO2S2. The lowest BCUT2D eigenvalue weighted by molar-refractivity contribution is 0.464. The van der Waals surface area contributed by atoms with E-state index in [1.165, 1.54) is 16.0 Å². The molecule has 1 rings (SSSR count). The van der Waals surface area contributed by atoms with Crippen LogP contribution in [0.15, 0.2) is 6.07 Å². The highest BCUT2D eigenvalue weighted by Gasteiger charge is 2.22. The maximum Gasteiger partial charge on any atom is 0.209 e. The zero-order valence-electron chi connectivity index (χ0n) is 10.4. The average molecular weight is 261 g/mol. The second kappa shape index (κ2) is 4.85. The van der Waals surface area contributed by atoms with Crippen LogP contribution in [0.25, 0.3) is 0 Å². The molecule has 0 saturated heterocycles. The van der Waals surface area contributed by atoms with E-state index in [-0.39, 0.29) is 12.0 Å². The number of aryl methyl sites for hydroxylation is 2. The molecule has 0 aliphatic rings. The lowest BCUT2D eigenvalue weighted by atomic mass is 9.97. The molecule has 0 unspecified atom stereocenters. The Morgan fingerprint density at radius 3 is 2.19 bits per heavy atom. The van der Waals surface area contributed by atoms with Crippen LogP contribution in [0.1, 0.15) is 35.2 Å². The van der Waals surface area contributed by atoms with Crippen molar-refractivity contribution in [2.45, 2.75) is 33.7 Å². The van der Waals surface area contributed by atoms with Gasteiger partial charge in [-0.3, -0.25) is 0 Å². The van der Waals surface area contributed by atoms with E-state index < -0.39 is 10.0 Å². The van der Waals surface area contributed by atoms with Crippen molar-refractivity contribution >= 4 is 21.4 Å². The maximum absolute atomic E-state index is 11.3. The van der Waals surface area contributed by atoms with Gasteiger partial charge in [0.2, 0.25) is 10.0 Å². The van der Waals surface area contributed by atoms with Gasteiger partial charge in [-0.15, -0.1) is 11.3 Å². The quantitative estimate of drug-likeness (QED) is 0.905. The van der Waals surface area contributed by atoms with Gasteiger partial charge in [-0.05, 0) is 31.4 Å². The van der Waals surface area contributed by atoms with Crippen molar-refractivity contribution in [1.29, 1.82) is 0 Å². The molecule has 3 nitrogen and oxygen atoms in total. The van der Waals surface area contributed by atoms with Crippen LogP contribution in [0, 0.1) is 19.8 Å². The first-order chi connectivity index (χ1) is 7.20. The van der Waals surface area contributed by atoms with Crippen LogP contribution in [0.4, 0.5) is 0 Å². The molecule has 16 heavy (non-hydrogen) atoms. The molecular weight excluding hydrogens is 242 g/mol. The standard InChI is InChI=1S/C11H19NO2S2/c1-7(2)11(12-16(5,13)14)10-6-8(3)15-9(10)4/h6-7,11-12H,1-5H3/t11-/m1/s1. The number of nitrogens with one attached hydrogen (secondary N) is 1. The van der Waals surface area contributed by atoms with Gasteiger partial charge in [-0.2, -0.15) is 0 Å². The van der Waals surface area contributed by atoms with Crippen LogP contribution in [0.5, 0.6) is 0 Å². The number of sulfonamides is 1. The average Bonchev–Trinajstić information content (AvgIpc) is 2.39. The molecule has 1 heterocycles. The molecule has 0 radical (unpaired) electrons. The van der Waals surface area contributed by atoms with Gasteiger partial charge in [0.15, 0.2) is 0 Å². The van der Waals surface area contributed by atoms with Gasteiger partial charge < -0.3 is 0 Å². The molecule has 5 heteroatoms. The lowest BCUT2D eigenvalue weighted by Crippen LogP contribution is -2.30. The molecule has 1 aromatic rings. The van der Waals surface area contributed by atoms with Crippen LogP contribution < -0.4 is 4.72 Å². The Morgan fingerprint density at radius 2 is 1.88 bits per heavy atom. The van der Waals surface area contributed by atoms with E-state index in [0.29, 0.717) is 0 Å². The fraction of sp³-hybridized carbons (Fsp3) is 0.636. The van der Waals surface area contributed by atoms with Gasteiger partial charge in [-0.1, -0.05) is 13.8 Å². The Labute approximate surface area is 102 Å². The normalized spacial score (nSPS) is 14.4. The predicted molar refractivity (Wildman–Crippen MR) is 69.4 cm³/mol. The summed E-state index contributed by atoms with van der Waals surface area (Å²) in [6, 6.07) is 1.95. The molecule has 0 saturated carbocycles. The summed E-state index contributed by atoms with van der Waals surface area (Å²) < 4.78 is 25.4. The van der Waals surface area contributed by atoms with Crippen LogP contribution in [0.3, 0.4) is 0 Å². The Balaban J connectivity index is 3.08. The molecule has 0 amide bonds. The van der Waals surface area contributed by atoms with E-state index in [2.05, 4.69) is 10.8 Å². The van der Waals surface area contributed by atoms with Gasteiger partial charge in [0.05, 0.1) is 6.26 Å². The fourth-order valence-electron chi connectivity index (χ4n) is 1.75. The first kappa shape index (κ1) is 13.7. The summed E-state index contributed by atoms with van der Waals surface area (Å²) in [5.41, 5.74) is 1.10. The molecule has 0 spiro atoms. The van der Waals surface area contributed by atoms with Gasteiger partial charge in [0.25, 0.3) is 0 Å². The van der Waals surface area contributed by atoms with Gasteiger partial charge >= 0.3 is 0 Å². The predicted octanol–water partition coefficient (Wildman–Crippen LogP) is 2.61. The van der Waals surface area contributed by atoms with Crippen molar-refractivity contribution in [3.8, 4) is 0 Å². The summed E-state index contributed by atoms with van der Waals surface area (Å²) in [4.78, 5) is 2.40. The summed E-state index contributed by atoms with van der Waals surface area (Å²) in [5.74, 6) is 0.238. The second-order valence-corrected chi connectivity index (χ2v) is 7.72. The summed E-state index contributed by atoms with van der Waals surface area (Å²) in [6.07, 6.45) is 1.21. The van der Waals surface area contributed by atoms with E-state index in [9.17, 15) is 8.42 Å². The fourth-order valence-corrected chi connectivity index (χ4v) is 3.58. The minimum Gasteiger partial charge on any atom is -0.213 e. The van der Waals surface area contributed by atoms with E-state index in [4.69, 9.17) is 0 Å². The van der Waals surface area contributed by atoms with E-state index in [1.54, 1.807) is 11.3 Å². The monoisotopic (exact) mass is 261 g/mol. The summed E-state index contributed by atoms with van der Waals surface area (Å²) >= 11 is 1.71. The molecule has 1 aromatic heterocycles. The SMILES string of the molecule is Cc1cc([C@H](NS(C)(=O)=O)C(C)C)c(C)s1. The van der Waals surface area contributed by atoms with Crippen molar-refractivity contribution < 1.29 is 8.42 Å². The number of hydrogen-bond acceptors (Lipinski definition) is 3. The zero-order valence-corrected chi connectivity index (χ0v) is 12.0. The number of hydrogen-bond donors (Lipinski definition) is 1. The third kappa shape index (κ3) is 3.57. The van der Waals surface area contributed by atoms with Crippen LogP contribution in [0.2, 0.25) is 0 Å². The summed E-state index contributed by atoms with van der Waals surface area (Å²) in [6.45, 7) is 8.12. The van der Waals surface area contributed by atoms with Crippen LogP contribution >= 0.6 is 11.3 Å². The highest BCUT2D eigenvalue weighted by molar-refractivity contribution is 7.88. The molecule has 0 bridgehead atoms. The van der Waals surface area contributed by atoms with Crippen LogP contribution in [-0.4, -0.2) is 14.7 Å². The van der Waals surface area contributed by atoms with Crippen molar-refractivity contribution in [3.05, 3.63) is 21.4 Å². The zero-order chi connectivity index (χ0) is 12.5. The first-order valence-electron chi connectivity index (χ1n) is 5.25. The smallest absolute Gasteiger partial charge is 0.209 e. The first-order valence-corrected chi connectivity index (χ1v) is 7.95. The Morgan fingerprint density at radius 1 is 1.31 bits per heavy atom. The Hall–Kier alpha value is -0.390. The van der Waals surface area contributed by atoms with Crippen molar-refractivity contribution in [2.24, 2.45) is 5.92 Å². The van der Waals surface area contributed by atoms with E-state index >= 15 is 0 Å². The van der Waals surface area contributed by atoms with Gasteiger partial charge in [-0.25, -0.2) is 13.1 Å². The Kier molecular flexibility index (Phi) is 4.15. The molecule has 0 aromatic carbocycles. The lowest BCUT2D eigenvalue weighted by Gasteiger charge is -2.21. The number of rotatable bonds is 4. The number of thiophene rings is 1. The van der Waals surface area contributed by atoms with Gasteiger partial charge in [0.1, 0.15) is 0 Å². The molecule has 0 aliphatic carbocycles. The van der Waals surface area contributed by atoms with E-state index in [1.807, 2.05) is 27.7 Å². The van der Waals surface area contributed by atoms with Crippen LogP contribution in [-0.2, 0) is 10.0 Å². The highest BCUT2D eigenvalue weighted by atomic mass is 32.2. The molecule has 92 valence electrons. The summed E-state index contributed by atoms with van der Waals surface area (Å²) in [7, 11) is -3.17. The van der Waals surface area contributed by atoms with Crippen molar-refractivity contribution in [3.63, 3.8) is 0 Å². The maximum atomic E-state index is 11.3. The summed E-state index contributed by atoms with van der Waals surface area (Å²) in [5, 5.41) is 0. The molecule has 1 N–H and O–H groups in total. The third-order valence-corrected chi connectivity index (χ3v) is 4.09. The highest BCUT2D eigenvalue weighted by Crippen LogP contribution is 2.30. The van der Waals surface area contributed by atoms with Gasteiger partial charge in [0, 0.05) is 15.8 Å². The third-order valence-electron chi connectivity index (χ3n) is 2.42. The van der Waals surface area contributed by atoms with Crippen molar-refractivity contribution in [1.82, 2.24) is 4.72 Å². The molecule has 0 aliphatic heterocycles. The van der Waals surface area contributed by atoms with Crippen molar-refractivity contribution in [2.75, 3.05) is 6.26 Å². The Bertz CT molecular complexity index is 460. The molecule has 1 atom stereocenters. The minimum atomic E-state index is -3.17. The largest absolute Gasteiger partial charge is 0.213 e. The topological polar surface area (TPSA) is 46.2 Å². The molecule has 0 fully saturated rings. The van der Waals surface area contributed by atoms with E-state index in [0.717, 1.165) is 5.56 Å².